The molecule has 2 heterocycles. The standard InChI is InChI=1S/C19H16F3N3O3S/c20-14-3-1-13(2-4-14)19-23-18(24-28-19)12-5-7-25(8-6-12)29(26,27)17-10-15(21)9-16(22)11-17/h1-4,9-12H,5-8H2. The molecule has 0 unspecified atom stereocenters. The van der Waals surface area contributed by atoms with Crippen LogP contribution in [-0.2, 0) is 10.0 Å². The molecule has 0 atom stereocenters. The van der Waals surface area contributed by atoms with Crippen LogP contribution in [-0.4, -0.2) is 36.0 Å². The predicted molar refractivity (Wildman–Crippen MR) is 96.8 cm³/mol. The van der Waals surface area contributed by atoms with Crippen LogP contribution in [0.1, 0.15) is 24.6 Å². The summed E-state index contributed by atoms with van der Waals surface area (Å²) in [6, 6.07) is 7.87. The largest absolute Gasteiger partial charge is 0.334 e. The quantitative estimate of drug-likeness (QED) is 0.639. The maximum atomic E-state index is 13.4. The summed E-state index contributed by atoms with van der Waals surface area (Å²) in [6.07, 6.45) is 0.860. The molecule has 10 heteroatoms. The predicted octanol–water partition coefficient (Wildman–Crippen LogP) is 3.72. The first-order valence-corrected chi connectivity index (χ1v) is 10.3. The van der Waals surface area contributed by atoms with Gasteiger partial charge < -0.3 is 4.52 Å². The molecule has 6 nitrogen and oxygen atoms in total. The van der Waals surface area contributed by atoms with E-state index in [1.165, 1.54) is 28.6 Å². The number of rotatable bonds is 4. The summed E-state index contributed by atoms with van der Waals surface area (Å²) in [5.74, 6) is -1.69. The molecule has 1 fully saturated rings. The van der Waals surface area contributed by atoms with E-state index in [0.29, 0.717) is 30.3 Å². The van der Waals surface area contributed by atoms with E-state index < -0.39 is 26.6 Å². The molecule has 1 saturated heterocycles. The number of halogens is 3. The van der Waals surface area contributed by atoms with Crippen LogP contribution in [0.4, 0.5) is 13.2 Å². The lowest BCUT2D eigenvalue weighted by Gasteiger charge is -2.29. The third-order valence-electron chi connectivity index (χ3n) is 4.83. The molecule has 29 heavy (non-hydrogen) atoms. The Kier molecular flexibility index (Phi) is 5.13. The second-order valence-corrected chi connectivity index (χ2v) is 8.69. The van der Waals surface area contributed by atoms with Crippen LogP contribution < -0.4 is 0 Å². The van der Waals surface area contributed by atoms with Crippen molar-refractivity contribution in [2.75, 3.05) is 13.1 Å². The number of hydrogen-bond acceptors (Lipinski definition) is 5. The number of nitrogens with zero attached hydrogens (tertiary/aromatic N) is 3. The summed E-state index contributed by atoms with van der Waals surface area (Å²) < 4.78 is 71.6. The number of sulfonamides is 1. The molecule has 3 aromatic rings. The Balaban J connectivity index is 1.46. The molecule has 1 aromatic heterocycles. The summed E-state index contributed by atoms with van der Waals surface area (Å²) in [4.78, 5) is 3.92. The van der Waals surface area contributed by atoms with Crippen LogP contribution in [0.5, 0.6) is 0 Å². The molecular formula is C19H16F3N3O3S. The minimum atomic E-state index is -4.00. The lowest BCUT2D eigenvalue weighted by Crippen LogP contribution is -2.38. The van der Waals surface area contributed by atoms with Gasteiger partial charge in [-0.05, 0) is 49.2 Å². The molecule has 152 valence electrons. The lowest BCUT2D eigenvalue weighted by atomic mass is 9.97. The van der Waals surface area contributed by atoms with Gasteiger partial charge in [0, 0.05) is 30.6 Å². The summed E-state index contributed by atoms with van der Waals surface area (Å²) in [5.41, 5.74) is 0.582. The molecule has 1 aliphatic rings. The van der Waals surface area contributed by atoms with E-state index in [0.717, 1.165) is 12.1 Å². The van der Waals surface area contributed by atoms with E-state index in [1.807, 2.05) is 0 Å². The third kappa shape index (κ3) is 4.03. The monoisotopic (exact) mass is 423 g/mol. The molecule has 1 aliphatic heterocycles. The Labute approximate surface area is 165 Å². The molecule has 0 spiro atoms. The highest BCUT2D eigenvalue weighted by Crippen LogP contribution is 2.31. The van der Waals surface area contributed by atoms with Crippen LogP contribution in [0.15, 0.2) is 51.9 Å². The number of benzene rings is 2. The van der Waals surface area contributed by atoms with Gasteiger partial charge in [-0.15, -0.1) is 0 Å². The Hall–Kier alpha value is -2.72. The van der Waals surface area contributed by atoms with Crippen molar-refractivity contribution in [2.24, 2.45) is 0 Å². The van der Waals surface area contributed by atoms with Crippen LogP contribution in [0, 0.1) is 17.5 Å². The van der Waals surface area contributed by atoms with E-state index in [9.17, 15) is 21.6 Å². The average Bonchev–Trinajstić information content (AvgIpc) is 3.18. The van der Waals surface area contributed by atoms with Gasteiger partial charge in [0.05, 0.1) is 4.90 Å². The van der Waals surface area contributed by atoms with Gasteiger partial charge in [0.25, 0.3) is 5.89 Å². The molecule has 0 bridgehead atoms. The highest BCUT2D eigenvalue weighted by Gasteiger charge is 2.32. The topological polar surface area (TPSA) is 76.3 Å². The fourth-order valence-corrected chi connectivity index (χ4v) is 4.80. The number of hydrogen-bond donors (Lipinski definition) is 0. The third-order valence-corrected chi connectivity index (χ3v) is 6.70. The van der Waals surface area contributed by atoms with E-state index in [2.05, 4.69) is 10.1 Å². The zero-order valence-electron chi connectivity index (χ0n) is 15.1. The van der Waals surface area contributed by atoms with E-state index in [1.54, 1.807) is 0 Å². The van der Waals surface area contributed by atoms with Gasteiger partial charge in [-0.2, -0.15) is 9.29 Å². The maximum absolute atomic E-state index is 13.4. The van der Waals surface area contributed by atoms with Crippen LogP contribution in [0.2, 0.25) is 0 Å². The molecular weight excluding hydrogens is 407 g/mol. The summed E-state index contributed by atoms with van der Waals surface area (Å²) in [6.45, 7) is 0.317. The summed E-state index contributed by atoms with van der Waals surface area (Å²) >= 11 is 0. The summed E-state index contributed by atoms with van der Waals surface area (Å²) in [7, 11) is -4.00. The average molecular weight is 423 g/mol. The van der Waals surface area contributed by atoms with Crippen molar-refractivity contribution in [3.05, 3.63) is 65.7 Å². The van der Waals surface area contributed by atoms with Gasteiger partial charge in [-0.1, -0.05) is 5.16 Å². The van der Waals surface area contributed by atoms with Gasteiger partial charge in [0.2, 0.25) is 10.0 Å². The lowest BCUT2D eigenvalue weighted by molar-refractivity contribution is 0.307. The van der Waals surface area contributed by atoms with Crippen molar-refractivity contribution in [1.29, 1.82) is 0 Å². The van der Waals surface area contributed by atoms with Gasteiger partial charge in [0.15, 0.2) is 5.82 Å². The van der Waals surface area contributed by atoms with Crippen LogP contribution >= 0.6 is 0 Å². The molecule has 0 radical (unpaired) electrons. The Morgan fingerprint density at radius 1 is 0.931 bits per heavy atom. The minimum absolute atomic E-state index is 0.122. The summed E-state index contributed by atoms with van der Waals surface area (Å²) in [5, 5.41) is 3.96. The van der Waals surface area contributed by atoms with Crippen molar-refractivity contribution in [2.45, 2.75) is 23.7 Å². The van der Waals surface area contributed by atoms with E-state index in [4.69, 9.17) is 4.52 Å². The fourth-order valence-electron chi connectivity index (χ4n) is 3.29. The number of aromatic nitrogens is 2. The van der Waals surface area contributed by atoms with Crippen molar-refractivity contribution >= 4 is 10.0 Å². The first kappa shape index (κ1) is 19.6. The first-order chi connectivity index (χ1) is 13.8. The second kappa shape index (κ2) is 7.60. The van der Waals surface area contributed by atoms with Crippen molar-refractivity contribution in [3.8, 4) is 11.5 Å². The van der Waals surface area contributed by atoms with Crippen molar-refractivity contribution < 1.29 is 26.1 Å². The van der Waals surface area contributed by atoms with Gasteiger partial charge in [0.1, 0.15) is 17.5 Å². The van der Waals surface area contributed by atoms with Crippen molar-refractivity contribution in [3.63, 3.8) is 0 Å². The zero-order chi connectivity index (χ0) is 20.6. The molecule has 2 aromatic carbocycles. The highest BCUT2D eigenvalue weighted by molar-refractivity contribution is 7.89. The highest BCUT2D eigenvalue weighted by atomic mass is 32.2. The van der Waals surface area contributed by atoms with Gasteiger partial charge >= 0.3 is 0 Å². The zero-order valence-corrected chi connectivity index (χ0v) is 15.9. The minimum Gasteiger partial charge on any atom is -0.334 e. The Bertz CT molecular complexity index is 1100. The van der Waals surface area contributed by atoms with Gasteiger partial charge in [-0.3, -0.25) is 0 Å². The van der Waals surface area contributed by atoms with Crippen LogP contribution in [0.3, 0.4) is 0 Å². The molecule has 0 aliphatic carbocycles. The van der Waals surface area contributed by atoms with Gasteiger partial charge in [-0.25, -0.2) is 21.6 Å². The molecule has 0 saturated carbocycles. The van der Waals surface area contributed by atoms with E-state index in [-0.39, 0.29) is 30.7 Å². The fraction of sp³-hybridized carbons (Fsp3) is 0.263. The van der Waals surface area contributed by atoms with E-state index >= 15 is 0 Å². The number of piperidine rings is 1. The SMILES string of the molecule is O=S(=O)(c1cc(F)cc(F)c1)N1CCC(c2noc(-c3ccc(F)cc3)n2)CC1. The maximum Gasteiger partial charge on any atom is 0.257 e. The molecule has 0 amide bonds. The van der Waals surface area contributed by atoms with Crippen LogP contribution in [0.25, 0.3) is 11.5 Å². The Morgan fingerprint density at radius 3 is 2.17 bits per heavy atom. The Morgan fingerprint density at radius 2 is 1.55 bits per heavy atom. The molecule has 4 rings (SSSR count). The first-order valence-electron chi connectivity index (χ1n) is 8.89. The molecule has 0 N–H and O–H groups in total. The normalized spacial score (nSPS) is 16.2. The second-order valence-electron chi connectivity index (χ2n) is 6.75. The van der Waals surface area contributed by atoms with Crippen molar-refractivity contribution in [1.82, 2.24) is 14.4 Å². The smallest absolute Gasteiger partial charge is 0.257 e.